The zero-order valence-corrected chi connectivity index (χ0v) is 29.4. The van der Waals surface area contributed by atoms with E-state index in [1.165, 1.54) is 96.3 Å². The Hall–Kier alpha value is -0.310. The van der Waals surface area contributed by atoms with E-state index < -0.39 is 0 Å². The quantitative estimate of drug-likeness (QED) is 0.0776. The van der Waals surface area contributed by atoms with Crippen molar-refractivity contribution in [2.75, 3.05) is 0 Å². The van der Waals surface area contributed by atoms with Gasteiger partial charge in [-0.25, -0.2) is 0 Å². The number of allylic oxidation sites excluding steroid dienone is 1. The van der Waals surface area contributed by atoms with Gasteiger partial charge in [-0.15, -0.1) is 0 Å². The van der Waals surface area contributed by atoms with E-state index >= 15 is 0 Å². The molecule has 236 valence electrons. The molecule has 9 atom stereocenters. The standard InChI is InChI=1S/C38H65BrO2/c1-7-8-9-10-11-12-13-14-18-35(40)41-30-23-24-37(5)29(25-30)19-20-31-33-22-21-32(28(4)17-15-16-27(2)3)38(33,6)26-34(39)36(31)37/h19,27-28,30-34,36H,7-18,20-26H2,1-6H3/t28-,30+,31+,32-,33+,34?,36-,37+,38-/m1/s1. The fourth-order valence-electron chi connectivity index (χ4n) is 10.5. The van der Waals surface area contributed by atoms with Crippen LogP contribution in [0.4, 0.5) is 0 Å². The van der Waals surface area contributed by atoms with E-state index in [2.05, 4.69) is 63.5 Å². The number of carbonyl (C=O) groups is 1. The molecule has 3 saturated carbocycles. The van der Waals surface area contributed by atoms with E-state index in [4.69, 9.17) is 4.74 Å². The summed E-state index contributed by atoms with van der Waals surface area (Å²) in [6, 6.07) is 0. The molecule has 0 bridgehead atoms. The Labute approximate surface area is 263 Å². The van der Waals surface area contributed by atoms with Gasteiger partial charge in [0.25, 0.3) is 0 Å². The number of rotatable bonds is 15. The fourth-order valence-corrected chi connectivity index (χ4v) is 12.1. The summed E-state index contributed by atoms with van der Waals surface area (Å²) in [4.78, 5) is 13.3. The minimum absolute atomic E-state index is 0.0465. The minimum atomic E-state index is 0.0465. The lowest BCUT2D eigenvalue weighted by atomic mass is 9.47. The zero-order chi connectivity index (χ0) is 29.6. The lowest BCUT2D eigenvalue weighted by Gasteiger charge is -2.60. The van der Waals surface area contributed by atoms with Crippen molar-refractivity contribution in [2.24, 2.45) is 46.3 Å². The molecule has 0 aromatic carbocycles. The Balaban J connectivity index is 1.30. The molecule has 0 saturated heterocycles. The van der Waals surface area contributed by atoms with E-state index in [0.29, 0.717) is 16.7 Å². The summed E-state index contributed by atoms with van der Waals surface area (Å²) >= 11 is 4.35. The summed E-state index contributed by atoms with van der Waals surface area (Å²) in [6.45, 7) is 14.8. The summed E-state index contributed by atoms with van der Waals surface area (Å²) in [6.07, 6.45) is 26.3. The predicted molar refractivity (Wildman–Crippen MR) is 178 cm³/mol. The largest absolute Gasteiger partial charge is 0.462 e. The van der Waals surface area contributed by atoms with Crippen molar-refractivity contribution in [3.8, 4) is 0 Å². The van der Waals surface area contributed by atoms with Gasteiger partial charge in [0.1, 0.15) is 6.10 Å². The lowest BCUT2D eigenvalue weighted by molar-refractivity contribution is -0.151. The van der Waals surface area contributed by atoms with Crippen LogP contribution in [0.1, 0.15) is 164 Å². The van der Waals surface area contributed by atoms with Gasteiger partial charge in [0, 0.05) is 17.7 Å². The molecule has 4 aliphatic carbocycles. The smallest absolute Gasteiger partial charge is 0.306 e. The number of alkyl halides is 1. The van der Waals surface area contributed by atoms with Gasteiger partial charge in [-0.05, 0) is 91.3 Å². The van der Waals surface area contributed by atoms with Gasteiger partial charge >= 0.3 is 5.97 Å². The summed E-state index contributed by atoms with van der Waals surface area (Å²) in [7, 11) is 0. The highest BCUT2D eigenvalue weighted by Crippen LogP contribution is 2.68. The number of carbonyl (C=O) groups excluding carboxylic acids is 1. The summed E-state index contributed by atoms with van der Waals surface area (Å²) in [5.41, 5.74) is 2.36. The number of hydrogen-bond donors (Lipinski definition) is 0. The molecule has 2 nitrogen and oxygen atoms in total. The van der Waals surface area contributed by atoms with Gasteiger partial charge in [-0.2, -0.15) is 0 Å². The molecule has 3 fully saturated rings. The molecule has 4 aliphatic rings. The molecule has 0 heterocycles. The van der Waals surface area contributed by atoms with Crippen LogP contribution in [-0.2, 0) is 9.53 Å². The lowest BCUT2D eigenvalue weighted by Crippen LogP contribution is -2.55. The molecule has 0 N–H and O–H groups in total. The summed E-state index contributed by atoms with van der Waals surface area (Å²) in [5, 5.41) is 0. The molecule has 3 heteroatoms. The Morgan fingerprint density at radius 1 is 0.976 bits per heavy atom. The second-order valence-electron chi connectivity index (χ2n) is 16.0. The Bertz CT molecular complexity index is 864. The molecular weight excluding hydrogens is 568 g/mol. The molecule has 0 amide bonds. The van der Waals surface area contributed by atoms with Crippen molar-refractivity contribution in [2.45, 2.75) is 174 Å². The average molecular weight is 634 g/mol. The molecule has 41 heavy (non-hydrogen) atoms. The van der Waals surface area contributed by atoms with Crippen LogP contribution >= 0.6 is 15.9 Å². The SMILES string of the molecule is CCCCCCCCCCC(=O)O[C@H]1CC[C@@]2(C)C(=CC[C@H]3[C@@H]4CC[C@H]([C@H](C)CCCC(C)C)[C@@]4(C)CC(Br)[C@@H]32)C1. The third-order valence-electron chi connectivity index (χ3n) is 12.7. The molecule has 0 spiro atoms. The number of halogens is 1. The van der Waals surface area contributed by atoms with Crippen LogP contribution in [-0.4, -0.2) is 16.9 Å². The van der Waals surface area contributed by atoms with Gasteiger partial charge in [-0.1, -0.05) is 133 Å². The van der Waals surface area contributed by atoms with Gasteiger partial charge in [-0.3, -0.25) is 4.79 Å². The Morgan fingerprint density at radius 2 is 1.68 bits per heavy atom. The number of fused-ring (bicyclic) bond motifs is 5. The maximum absolute atomic E-state index is 12.7. The van der Waals surface area contributed by atoms with E-state index in [1.54, 1.807) is 5.57 Å². The van der Waals surface area contributed by atoms with Crippen molar-refractivity contribution < 1.29 is 9.53 Å². The molecule has 1 unspecified atom stereocenters. The van der Waals surface area contributed by atoms with Gasteiger partial charge in [0.2, 0.25) is 0 Å². The van der Waals surface area contributed by atoms with Crippen LogP contribution in [0.2, 0.25) is 0 Å². The molecular formula is C38H65BrO2. The van der Waals surface area contributed by atoms with Crippen molar-refractivity contribution in [3.63, 3.8) is 0 Å². The Morgan fingerprint density at radius 3 is 2.39 bits per heavy atom. The average Bonchev–Trinajstić information content (AvgIpc) is 3.26. The van der Waals surface area contributed by atoms with Crippen LogP contribution in [0.15, 0.2) is 11.6 Å². The highest BCUT2D eigenvalue weighted by molar-refractivity contribution is 9.09. The van der Waals surface area contributed by atoms with Gasteiger partial charge in [0.05, 0.1) is 0 Å². The van der Waals surface area contributed by atoms with Crippen molar-refractivity contribution >= 4 is 21.9 Å². The van der Waals surface area contributed by atoms with E-state index in [9.17, 15) is 4.79 Å². The van der Waals surface area contributed by atoms with Crippen LogP contribution < -0.4 is 0 Å². The van der Waals surface area contributed by atoms with Crippen LogP contribution in [0.5, 0.6) is 0 Å². The first kappa shape index (κ1) is 33.6. The van der Waals surface area contributed by atoms with Crippen LogP contribution in [0.3, 0.4) is 0 Å². The van der Waals surface area contributed by atoms with Crippen molar-refractivity contribution in [3.05, 3.63) is 11.6 Å². The topological polar surface area (TPSA) is 26.3 Å². The van der Waals surface area contributed by atoms with Gasteiger partial charge in [0.15, 0.2) is 0 Å². The molecule has 4 rings (SSSR count). The normalized spacial score (nSPS) is 37.2. The number of esters is 1. The van der Waals surface area contributed by atoms with E-state index in [-0.39, 0.29) is 17.5 Å². The summed E-state index contributed by atoms with van der Waals surface area (Å²) in [5.74, 6) is 5.01. The first-order chi connectivity index (χ1) is 19.6. The maximum atomic E-state index is 12.7. The third-order valence-corrected chi connectivity index (χ3v) is 13.6. The molecule has 0 aromatic rings. The molecule has 0 aliphatic heterocycles. The number of hydrogen-bond acceptors (Lipinski definition) is 2. The minimum Gasteiger partial charge on any atom is -0.462 e. The van der Waals surface area contributed by atoms with Crippen LogP contribution in [0, 0.1) is 46.3 Å². The van der Waals surface area contributed by atoms with E-state index in [1.807, 2.05) is 0 Å². The second kappa shape index (κ2) is 15.1. The first-order valence-corrected chi connectivity index (χ1v) is 19.0. The maximum Gasteiger partial charge on any atom is 0.306 e. The molecule has 0 aromatic heterocycles. The highest BCUT2D eigenvalue weighted by atomic mass is 79.9. The number of unbranched alkanes of at least 4 members (excludes halogenated alkanes) is 7. The highest BCUT2D eigenvalue weighted by Gasteiger charge is 2.61. The van der Waals surface area contributed by atoms with Gasteiger partial charge < -0.3 is 4.74 Å². The fraction of sp³-hybridized carbons (Fsp3) is 0.921. The van der Waals surface area contributed by atoms with Crippen molar-refractivity contribution in [1.82, 2.24) is 0 Å². The first-order valence-electron chi connectivity index (χ1n) is 18.1. The summed E-state index contributed by atoms with van der Waals surface area (Å²) < 4.78 is 6.09. The second-order valence-corrected chi connectivity index (χ2v) is 17.1. The van der Waals surface area contributed by atoms with E-state index in [0.717, 1.165) is 54.8 Å². The van der Waals surface area contributed by atoms with Crippen LogP contribution in [0.25, 0.3) is 0 Å². The number of ether oxygens (including phenoxy) is 1. The van der Waals surface area contributed by atoms with Crippen molar-refractivity contribution in [1.29, 1.82) is 0 Å². The molecule has 0 radical (unpaired) electrons. The zero-order valence-electron chi connectivity index (χ0n) is 27.8. The predicted octanol–water partition coefficient (Wildman–Crippen LogP) is 11.8. The Kier molecular flexibility index (Phi) is 12.4. The third kappa shape index (κ3) is 7.86. The monoisotopic (exact) mass is 632 g/mol.